The largest absolute Gasteiger partial charge is 0.355 e. The SMILES string of the molecule is Cc1ccc(C(=O)CN2CCNC(=O)CC2)s1. The number of hydrogen-bond donors (Lipinski definition) is 1. The van der Waals surface area contributed by atoms with Gasteiger partial charge in [0.1, 0.15) is 0 Å². The quantitative estimate of drug-likeness (QED) is 0.818. The van der Waals surface area contributed by atoms with Crippen LogP contribution >= 0.6 is 11.3 Å². The minimum atomic E-state index is 0.0758. The summed E-state index contributed by atoms with van der Waals surface area (Å²) >= 11 is 1.53. The molecular formula is C12H16N2O2S. The number of Topliss-reactive ketones (excluding diaryl/α,β-unsaturated/α-hetero) is 1. The summed E-state index contributed by atoms with van der Waals surface area (Å²) in [7, 11) is 0. The number of nitrogens with zero attached hydrogens (tertiary/aromatic N) is 1. The summed E-state index contributed by atoms with van der Waals surface area (Å²) in [6.07, 6.45) is 0.483. The average Bonchev–Trinajstić information content (AvgIpc) is 2.62. The number of ketones is 1. The highest BCUT2D eigenvalue weighted by molar-refractivity contribution is 7.14. The number of thiophene rings is 1. The number of amides is 1. The van der Waals surface area contributed by atoms with Crippen molar-refractivity contribution in [3.63, 3.8) is 0 Å². The van der Waals surface area contributed by atoms with Crippen molar-refractivity contribution in [1.29, 1.82) is 0 Å². The predicted octanol–water partition coefficient (Wildman–Crippen LogP) is 1.06. The molecule has 0 saturated carbocycles. The topological polar surface area (TPSA) is 49.4 Å². The molecule has 5 heteroatoms. The molecule has 17 heavy (non-hydrogen) atoms. The Bertz CT molecular complexity index is 428. The minimum absolute atomic E-state index is 0.0758. The van der Waals surface area contributed by atoms with Gasteiger partial charge in [-0.2, -0.15) is 0 Å². The zero-order valence-electron chi connectivity index (χ0n) is 9.86. The zero-order valence-corrected chi connectivity index (χ0v) is 10.7. The molecule has 1 aliphatic heterocycles. The van der Waals surface area contributed by atoms with E-state index in [0.29, 0.717) is 26.1 Å². The van der Waals surface area contributed by atoms with Crippen LogP contribution < -0.4 is 5.32 Å². The highest BCUT2D eigenvalue weighted by Gasteiger charge is 2.17. The first-order valence-corrected chi connectivity index (χ1v) is 6.55. The van der Waals surface area contributed by atoms with Gasteiger partial charge in [0.2, 0.25) is 5.91 Å². The van der Waals surface area contributed by atoms with Crippen LogP contribution in [-0.4, -0.2) is 42.8 Å². The van der Waals surface area contributed by atoms with Crippen molar-refractivity contribution >= 4 is 23.0 Å². The lowest BCUT2D eigenvalue weighted by Crippen LogP contribution is -2.32. The van der Waals surface area contributed by atoms with Crippen molar-refractivity contribution in [2.24, 2.45) is 0 Å². The molecule has 1 fully saturated rings. The third-order valence-corrected chi connectivity index (χ3v) is 3.83. The lowest BCUT2D eigenvalue weighted by atomic mass is 10.3. The number of carbonyl (C=O) groups excluding carboxylic acids is 2. The molecule has 2 heterocycles. The summed E-state index contributed by atoms with van der Waals surface area (Å²) < 4.78 is 0. The first-order valence-electron chi connectivity index (χ1n) is 5.74. The van der Waals surface area contributed by atoms with Gasteiger partial charge < -0.3 is 5.32 Å². The van der Waals surface area contributed by atoms with E-state index in [1.165, 1.54) is 11.3 Å². The van der Waals surface area contributed by atoms with Gasteiger partial charge in [-0.25, -0.2) is 0 Å². The van der Waals surface area contributed by atoms with Gasteiger partial charge in [-0.05, 0) is 19.1 Å². The number of aryl methyl sites for hydroxylation is 1. The zero-order chi connectivity index (χ0) is 12.3. The van der Waals surface area contributed by atoms with E-state index in [1.807, 2.05) is 24.0 Å². The van der Waals surface area contributed by atoms with Gasteiger partial charge in [-0.15, -0.1) is 11.3 Å². The maximum absolute atomic E-state index is 12.0. The second-order valence-electron chi connectivity index (χ2n) is 4.21. The Balaban J connectivity index is 1.92. The molecule has 92 valence electrons. The fourth-order valence-electron chi connectivity index (χ4n) is 1.84. The number of nitrogens with one attached hydrogen (secondary N) is 1. The van der Waals surface area contributed by atoms with Crippen LogP contribution in [-0.2, 0) is 4.79 Å². The van der Waals surface area contributed by atoms with Gasteiger partial charge in [-0.1, -0.05) is 0 Å². The lowest BCUT2D eigenvalue weighted by Gasteiger charge is -2.17. The summed E-state index contributed by atoms with van der Waals surface area (Å²) in [5.74, 6) is 0.226. The van der Waals surface area contributed by atoms with E-state index in [4.69, 9.17) is 0 Å². The van der Waals surface area contributed by atoms with Crippen LogP contribution in [0.3, 0.4) is 0 Å². The second-order valence-corrected chi connectivity index (χ2v) is 5.50. The Kier molecular flexibility index (Phi) is 3.91. The maximum atomic E-state index is 12.0. The highest BCUT2D eigenvalue weighted by Crippen LogP contribution is 2.16. The Morgan fingerprint density at radius 2 is 2.29 bits per heavy atom. The van der Waals surface area contributed by atoms with Crippen molar-refractivity contribution in [3.05, 3.63) is 21.9 Å². The molecule has 1 saturated heterocycles. The summed E-state index contributed by atoms with van der Waals surface area (Å²) in [5.41, 5.74) is 0. The van der Waals surface area contributed by atoms with E-state index in [9.17, 15) is 9.59 Å². The first-order chi connectivity index (χ1) is 8.15. The van der Waals surface area contributed by atoms with Crippen molar-refractivity contribution < 1.29 is 9.59 Å². The molecule has 1 aromatic heterocycles. The molecule has 1 amide bonds. The van der Waals surface area contributed by atoms with Crippen LogP contribution in [0.4, 0.5) is 0 Å². The molecule has 0 atom stereocenters. The van der Waals surface area contributed by atoms with Crippen molar-refractivity contribution in [3.8, 4) is 0 Å². The fourth-order valence-corrected chi connectivity index (χ4v) is 2.63. The molecular weight excluding hydrogens is 236 g/mol. The monoisotopic (exact) mass is 252 g/mol. The van der Waals surface area contributed by atoms with Gasteiger partial charge in [0.05, 0.1) is 11.4 Å². The minimum Gasteiger partial charge on any atom is -0.355 e. The van der Waals surface area contributed by atoms with E-state index in [2.05, 4.69) is 5.32 Å². The molecule has 0 aliphatic carbocycles. The molecule has 1 aliphatic rings. The molecule has 1 aromatic rings. The van der Waals surface area contributed by atoms with E-state index < -0.39 is 0 Å². The van der Waals surface area contributed by atoms with Gasteiger partial charge in [-0.3, -0.25) is 14.5 Å². The van der Waals surface area contributed by atoms with Crippen LogP contribution in [0.15, 0.2) is 12.1 Å². The van der Waals surface area contributed by atoms with E-state index >= 15 is 0 Å². The van der Waals surface area contributed by atoms with E-state index in [1.54, 1.807) is 0 Å². The maximum Gasteiger partial charge on any atom is 0.221 e. The number of rotatable bonds is 3. The molecule has 0 radical (unpaired) electrons. The third-order valence-electron chi connectivity index (χ3n) is 2.79. The number of carbonyl (C=O) groups is 2. The summed E-state index contributed by atoms with van der Waals surface area (Å²) in [5, 5.41) is 2.80. The van der Waals surface area contributed by atoms with Crippen LogP contribution in [0, 0.1) is 6.92 Å². The highest BCUT2D eigenvalue weighted by atomic mass is 32.1. The fraction of sp³-hybridized carbons (Fsp3) is 0.500. The van der Waals surface area contributed by atoms with Crippen LogP contribution in [0.1, 0.15) is 21.0 Å². The Hall–Kier alpha value is -1.20. The van der Waals surface area contributed by atoms with Crippen molar-refractivity contribution in [2.45, 2.75) is 13.3 Å². The number of hydrogen-bond acceptors (Lipinski definition) is 4. The average molecular weight is 252 g/mol. The van der Waals surface area contributed by atoms with Gasteiger partial charge in [0, 0.05) is 30.9 Å². The molecule has 0 unspecified atom stereocenters. The Morgan fingerprint density at radius 1 is 1.47 bits per heavy atom. The first kappa shape index (κ1) is 12.3. The van der Waals surface area contributed by atoms with Crippen molar-refractivity contribution in [2.75, 3.05) is 26.2 Å². The van der Waals surface area contributed by atoms with Crippen LogP contribution in [0.5, 0.6) is 0 Å². The van der Waals surface area contributed by atoms with Gasteiger partial charge in [0.25, 0.3) is 0 Å². The molecule has 1 N–H and O–H groups in total. The van der Waals surface area contributed by atoms with E-state index in [-0.39, 0.29) is 11.7 Å². The summed E-state index contributed by atoms with van der Waals surface area (Å²) in [4.78, 5) is 27.2. The predicted molar refractivity (Wildman–Crippen MR) is 67.5 cm³/mol. The standard InChI is InChI=1S/C12H16N2O2S/c1-9-2-3-11(17-9)10(15)8-14-6-4-12(16)13-5-7-14/h2-3H,4-8H2,1H3,(H,13,16). The molecule has 0 spiro atoms. The lowest BCUT2D eigenvalue weighted by molar-refractivity contribution is -0.120. The summed E-state index contributed by atoms with van der Waals surface area (Å²) in [6, 6.07) is 3.84. The van der Waals surface area contributed by atoms with Gasteiger partial charge in [0.15, 0.2) is 5.78 Å². The third kappa shape index (κ3) is 3.38. The normalized spacial score (nSPS) is 17.6. The van der Waals surface area contributed by atoms with E-state index in [0.717, 1.165) is 16.3 Å². The van der Waals surface area contributed by atoms with Crippen LogP contribution in [0.25, 0.3) is 0 Å². The second kappa shape index (κ2) is 5.42. The Labute approximate surface area is 105 Å². The molecule has 0 aromatic carbocycles. The van der Waals surface area contributed by atoms with Crippen LogP contribution in [0.2, 0.25) is 0 Å². The Morgan fingerprint density at radius 3 is 3.00 bits per heavy atom. The van der Waals surface area contributed by atoms with Crippen molar-refractivity contribution in [1.82, 2.24) is 10.2 Å². The van der Waals surface area contributed by atoms with Gasteiger partial charge >= 0.3 is 0 Å². The molecule has 2 rings (SSSR count). The molecule has 4 nitrogen and oxygen atoms in total. The smallest absolute Gasteiger partial charge is 0.221 e. The molecule has 0 bridgehead atoms. The summed E-state index contributed by atoms with van der Waals surface area (Å²) in [6.45, 7) is 4.46.